The summed E-state index contributed by atoms with van der Waals surface area (Å²) in [5.41, 5.74) is 0. The van der Waals surface area contributed by atoms with Crippen molar-refractivity contribution in [1.82, 2.24) is 4.98 Å². The summed E-state index contributed by atoms with van der Waals surface area (Å²) in [5.74, 6) is 2.41. The number of thiazole rings is 1. The van der Waals surface area contributed by atoms with Crippen molar-refractivity contribution in [3.05, 3.63) is 16.6 Å². The van der Waals surface area contributed by atoms with E-state index in [1.54, 1.807) is 6.20 Å². The van der Waals surface area contributed by atoms with Gasteiger partial charge in [0.25, 0.3) is 0 Å². The standard InChI is InChI=1S/C5H3NS.CO2/c1-2-5-6-3-4-7-5;2-1-3/h1,3-4H;. The molecule has 0 aliphatic rings. The largest absolute Gasteiger partial charge is 0.373 e. The molecule has 10 heavy (non-hydrogen) atoms. The van der Waals surface area contributed by atoms with Crippen LogP contribution in [0.25, 0.3) is 0 Å². The third-order valence-corrected chi connectivity index (χ3v) is 1.26. The van der Waals surface area contributed by atoms with Crippen LogP contribution in [-0.4, -0.2) is 11.1 Å². The maximum atomic E-state index is 8.12. The fraction of sp³-hybridized carbons (Fsp3) is 0. The Balaban J connectivity index is 0.000000236. The zero-order valence-electron chi connectivity index (χ0n) is 4.90. The Labute approximate surface area is 61.7 Å². The maximum absolute atomic E-state index is 8.12. The van der Waals surface area contributed by atoms with Gasteiger partial charge in [0, 0.05) is 11.6 Å². The number of hydrogen-bond acceptors (Lipinski definition) is 4. The summed E-state index contributed by atoms with van der Waals surface area (Å²) >= 11 is 1.48. The van der Waals surface area contributed by atoms with Gasteiger partial charge in [-0.2, -0.15) is 9.59 Å². The highest BCUT2D eigenvalue weighted by Crippen LogP contribution is 1.99. The minimum atomic E-state index is 0.250. The molecule has 0 spiro atoms. The zero-order valence-corrected chi connectivity index (χ0v) is 5.72. The lowest BCUT2D eigenvalue weighted by Crippen LogP contribution is -1.61. The molecule has 0 bridgehead atoms. The van der Waals surface area contributed by atoms with Gasteiger partial charge in [-0.3, -0.25) is 0 Å². The van der Waals surface area contributed by atoms with Crippen LogP contribution in [0.2, 0.25) is 0 Å². The molecule has 1 heterocycles. The van der Waals surface area contributed by atoms with Gasteiger partial charge in [0.05, 0.1) is 0 Å². The molecule has 1 aromatic rings. The quantitative estimate of drug-likeness (QED) is 0.511. The summed E-state index contributed by atoms with van der Waals surface area (Å²) in [6.07, 6.45) is 6.94. The molecule has 0 fully saturated rings. The molecule has 0 radical (unpaired) electrons. The van der Waals surface area contributed by atoms with E-state index in [0.717, 1.165) is 5.01 Å². The van der Waals surface area contributed by atoms with Gasteiger partial charge in [0.15, 0.2) is 5.01 Å². The van der Waals surface area contributed by atoms with Crippen LogP contribution in [0, 0.1) is 12.3 Å². The first-order valence-electron chi connectivity index (χ1n) is 2.20. The van der Waals surface area contributed by atoms with E-state index in [4.69, 9.17) is 16.0 Å². The highest BCUT2D eigenvalue weighted by molar-refractivity contribution is 7.10. The molecule has 0 aromatic carbocycles. The summed E-state index contributed by atoms with van der Waals surface area (Å²) in [7, 11) is 0. The van der Waals surface area contributed by atoms with Crippen LogP contribution in [0.15, 0.2) is 11.6 Å². The van der Waals surface area contributed by atoms with Crippen molar-refractivity contribution in [2.24, 2.45) is 0 Å². The second-order valence-electron chi connectivity index (χ2n) is 1.06. The summed E-state index contributed by atoms with van der Waals surface area (Å²) in [4.78, 5) is 20.1. The minimum absolute atomic E-state index is 0.250. The monoisotopic (exact) mass is 153 g/mol. The van der Waals surface area contributed by atoms with Gasteiger partial charge in [-0.1, -0.05) is 0 Å². The van der Waals surface area contributed by atoms with Gasteiger partial charge in [-0.25, -0.2) is 4.98 Å². The maximum Gasteiger partial charge on any atom is 0.373 e. The number of nitrogens with zero attached hydrogens (tertiary/aromatic N) is 1. The summed E-state index contributed by atoms with van der Waals surface area (Å²) < 4.78 is 0. The van der Waals surface area contributed by atoms with Gasteiger partial charge in [-0.15, -0.1) is 17.8 Å². The highest BCUT2D eigenvalue weighted by atomic mass is 32.1. The molecule has 3 nitrogen and oxygen atoms in total. The number of carbonyl (C=O) groups excluding carboxylic acids is 2. The summed E-state index contributed by atoms with van der Waals surface area (Å²) in [5, 5.41) is 2.61. The molecule has 0 aliphatic carbocycles. The lowest BCUT2D eigenvalue weighted by atomic mass is 10.7. The second kappa shape index (κ2) is 5.70. The van der Waals surface area contributed by atoms with Crippen LogP contribution in [0.3, 0.4) is 0 Å². The van der Waals surface area contributed by atoms with Crippen molar-refractivity contribution in [2.75, 3.05) is 0 Å². The Hall–Kier alpha value is -1.43. The van der Waals surface area contributed by atoms with Crippen LogP contribution >= 0.6 is 11.3 Å². The molecule has 0 unspecified atom stereocenters. The Morgan fingerprint density at radius 2 is 2.20 bits per heavy atom. The van der Waals surface area contributed by atoms with Crippen LogP contribution in [0.1, 0.15) is 5.01 Å². The van der Waals surface area contributed by atoms with Gasteiger partial charge in [-0.05, 0) is 5.92 Å². The van der Waals surface area contributed by atoms with Crippen LogP contribution < -0.4 is 0 Å². The van der Waals surface area contributed by atoms with E-state index in [9.17, 15) is 0 Å². The van der Waals surface area contributed by atoms with Crippen molar-refractivity contribution < 1.29 is 9.59 Å². The lowest BCUT2D eigenvalue weighted by Gasteiger charge is -1.65. The van der Waals surface area contributed by atoms with Crippen LogP contribution in [0.4, 0.5) is 0 Å². The highest BCUT2D eigenvalue weighted by Gasteiger charge is 1.81. The molecule has 1 rings (SSSR count). The molecule has 0 N–H and O–H groups in total. The van der Waals surface area contributed by atoms with Crippen molar-refractivity contribution >= 4 is 17.5 Å². The topological polar surface area (TPSA) is 47.0 Å². The molecule has 1 aromatic heterocycles. The van der Waals surface area contributed by atoms with Crippen molar-refractivity contribution in [2.45, 2.75) is 0 Å². The van der Waals surface area contributed by atoms with Gasteiger partial charge in [0.1, 0.15) is 0 Å². The SMILES string of the molecule is C#Cc1nccs1.O=C=O. The predicted octanol–water partition coefficient (Wildman–Crippen LogP) is 0.541. The first-order valence-corrected chi connectivity index (χ1v) is 3.08. The molecule has 50 valence electrons. The molecule has 0 saturated carbocycles. The Bertz CT molecular complexity index is 241. The van der Waals surface area contributed by atoms with Crippen molar-refractivity contribution in [3.63, 3.8) is 0 Å². The predicted molar refractivity (Wildman–Crippen MR) is 35.1 cm³/mol. The Kier molecular flexibility index (Phi) is 4.89. The van der Waals surface area contributed by atoms with Crippen LogP contribution in [-0.2, 0) is 9.59 Å². The van der Waals surface area contributed by atoms with Crippen molar-refractivity contribution in [3.8, 4) is 12.3 Å². The molecule has 0 amide bonds. The van der Waals surface area contributed by atoms with E-state index in [2.05, 4.69) is 10.9 Å². The molecular weight excluding hydrogens is 150 g/mol. The van der Waals surface area contributed by atoms with E-state index in [1.165, 1.54) is 11.3 Å². The normalized spacial score (nSPS) is 6.30. The Morgan fingerprint density at radius 3 is 2.40 bits per heavy atom. The average Bonchev–Trinajstić information content (AvgIpc) is 2.39. The van der Waals surface area contributed by atoms with Gasteiger partial charge >= 0.3 is 6.15 Å². The number of rotatable bonds is 0. The van der Waals surface area contributed by atoms with Gasteiger partial charge in [0.2, 0.25) is 0 Å². The average molecular weight is 153 g/mol. The molecule has 0 atom stereocenters. The fourth-order valence-corrected chi connectivity index (χ4v) is 0.735. The first-order chi connectivity index (χ1) is 4.85. The van der Waals surface area contributed by atoms with Crippen LogP contribution in [0.5, 0.6) is 0 Å². The van der Waals surface area contributed by atoms with Crippen molar-refractivity contribution in [1.29, 1.82) is 0 Å². The minimum Gasteiger partial charge on any atom is -0.236 e. The van der Waals surface area contributed by atoms with E-state index in [0.29, 0.717) is 0 Å². The number of hydrogen-bond donors (Lipinski definition) is 0. The molecule has 0 saturated heterocycles. The van der Waals surface area contributed by atoms with E-state index in [-0.39, 0.29) is 6.15 Å². The summed E-state index contributed by atoms with van der Waals surface area (Å²) in [6, 6.07) is 0. The lowest BCUT2D eigenvalue weighted by molar-refractivity contribution is -0.191. The third kappa shape index (κ3) is 3.56. The Morgan fingerprint density at radius 1 is 1.60 bits per heavy atom. The zero-order chi connectivity index (χ0) is 7.82. The van der Waals surface area contributed by atoms with E-state index < -0.39 is 0 Å². The fourth-order valence-electron chi connectivity index (χ4n) is 0.295. The summed E-state index contributed by atoms with van der Waals surface area (Å²) in [6.45, 7) is 0. The van der Waals surface area contributed by atoms with E-state index in [1.807, 2.05) is 5.38 Å². The van der Waals surface area contributed by atoms with E-state index >= 15 is 0 Å². The first kappa shape index (κ1) is 8.57. The molecular formula is C6H3NO2S. The smallest absolute Gasteiger partial charge is 0.236 e. The molecule has 0 aliphatic heterocycles. The van der Waals surface area contributed by atoms with Gasteiger partial charge < -0.3 is 0 Å². The number of aromatic nitrogens is 1. The number of terminal acetylenes is 1. The molecule has 4 heteroatoms. The third-order valence-electron chi connectivity index (χ3n) is 0.556. The second-order valence-corrected chi connectivity index (χ2v) is 1.96.